The average Bonchev–Trinajstić information content (AvgIpc) is 2.85. The van der Waals surface area contributed by atoms with Crippen LogP contribution in [0.4, 0.5) is 5.69 Å². The Kier molecular flexibility index (Phi) is 13.3. The van der Waals surface area contributed by atoms with Crippen LogP contribution in [0.3, 0.4) is 0 Å². The van der Waals surface area contributed by atoms with Crippen molar-refractivity contribution in [2.75, 3.05) is 24.7 Å². The van der Waals surface area contributed by atoms with Crippen molar-refractivity contribution in [1.29, 1.82) is 0 Å². The SMILES string of the molecule is CCOC(=O)CCCOc1cccc(CCCCCCN(C=O)c2cc(C)cc(C)c2)c1CCC=O. The molecule has 2 aromatic rings. The molecule has 1 amide bonds. The molecule has 0 aliphatic heterocycles. The molecule has 0 aromatic heterocycles. The summed E-state index contributed by atoms with van der Waals surface area (Å²) in [5.41, 5.74) is 5.58. The fraction of sp³-hybridized carbons (Fsp3) is 0.500. The number of rotatable bonds is 18. The van der Waals surface area contributed by atoms with Gasteiger partial charge >= 0.3 is 5.97 Å². The molecule has 0 atom stereocenters. The molecule has 0 saturated heterocycles. The van der Waals surface area contributed by atoms with Gasteiger partial charge in [0.05, 0.1) is 13.2 Å². The molecule has 2 rings (SSSR count). The number of aldehydes is 1. The Morgan fingerprint density at radius 2 is 1.69 bits per heavy atom. The number of unbranched alkanes of at least 4 members (excludes halogenated alkanes) is 3. The molecule has 0 aliphatic carbocycles. The van der Waals surface area contributed by atoms with Crippen LogP contribution in [-0.2, 0) is 32.0 Å². The Hall–Kier alpha value is -3.15. The summed E-state index contributed by atoms with van der Waals surface area (Å²) in [4.78, 5) is 36.0. The highest BCUT2D eigenvalue weighted by Crippen LogP contribution is 2.26. The average molecular weight is 496 g/mol. The first kappa shape index (κ1) is 29.1. The predicted octanol–water partition coefficient (Wildman–Crippen LogP) is 5.92. The maximum atomic E-state index is 11.6. The Morgan fingerprint density at radius 3 is 2.39 bits per heavy atom. The van der Waals surface area contributed by atoms with Crippen molar-refractivity contribution >= 4 is 24.4 Å². The zero-order valence-electron chi connectivity index (χ0n) is 22.1. The highest BCUT2D eigenvalue weighted by Gasteiger charge is 2.11. The number of esters is 1. The van der Waals surface area contributed by atoms with E-state index < -0.39 is 0 Å². The molecule has 0 bridgehead atoms. The number of anilines is 1. The number of ether oxygens (including phenoxy) is 2. The van der Waals surface area contributed by atoms with Crippen molar-refractivity contribution in [3.05, 3.63) is 58.7 Å². The van der Waals surface area contributed by atoms with Gasteiger partial charge in [0.15, 0.2) is 0 Å². The van der Waals surface area contributed by atoms with E-state index in [1.807, 2.05) is 38.1 Å². The number of carbonyl (C=O) groups is 3. The third-order valence-corrected chi connectivity index (χ3v) is 6.09. The van der Waals surface area contributed by atoms with Crippen LogP contribution in [0.15, 0.2) is 36.4 Å². The number of carbonyl (C=O) groups excluding carboxylic acids is 3. The van der Waals surface area contributed by atoms with E-state index in [4.69, 9.17) is 9.47 Å². The molecule has 0 fully saturated rings. The summed E-state index contributed by atoms with van der Waals surface area (Å²) in [5, 5.41) is 0. The highest BCUT2D eigenvalue weighted by atomic mass is 16.5. The van der Waals surface area contributed by atoms with Gasteiger partial charge < -0.3 is 19.2 Å². The topological polar surface area (TPSA) is 72.9 Å². The first-order valence-corrected chi connectivity index (χ1v) is 13.1. The lowest BCUT2D eigenvalue weighted by Gasteiger charge is -2.19. The lowest BCUT2D eigenvalue weighted by atomic mass is 9.97. The summed E-state index contributed by atoms with van der Waals surface area (Å²) in [6.07, 6.45) is 8.91. The van der Waals surface area contributed by atoms with E-state index in [0.29, 0.717) is 45.4 Å². The minimum atomic E-state index is -0.207. The van der Waals surface area contributed by atoms with Crippen molar-refractivity contribution in [1.82, 2.24) is 0 Å². The minimum absolute atomic E-state index is 0.207. The van der Waals surface area contributed by atoms with Crippen LogP contribution in [0.25, 0.3) is 0 Å². The first-order valence-electron chi connectivity index (χ1n) is 13.1. The molecule has 36 heavy (non-hydrogen) atoms. The largest absolute Gasteiger partial charge is 0.493 e. The predicted molar refractivity (Wildman–Crippen MR) is 144 cm³/mol. The Labute approximate surface area is 216 Å². The number of nitrogens with zero attached hydrogens (tertiary/aromatic N) is 1. The maximum Gasteiger partial charge on any atom is 0.305 e. The molecule has 0 unspecified atom stereocenters. The fourth-order valence-corrected chi connectivity index (χ4v) is 4.41. The van der Waals surface area contributed by atoms with Crippen molar-refractivity contribution in [2.24, 2.45) is 0 Å². The number of aryl methyl sites for hydroxylation is 3. The Balaban J connectivity index is 1.83. The smallest absolute Gasteiger partial charge is 0.305 e. The van der Waals surface area contributed by atoms with Crippen LogP contribution in [0.5, 0.6) is 5.75 Å². The second-order valence-corrected chi connectivity index (χ2v) is 9.17. The molecule has 0 saturated carbocycles. The van der Waals surface area contributed by atoms with Gasteiger partial charge in [-0.2, -0.15) is 0 Å². The first-order chi connectivity index (χ1) is 17.5. The van der Waals surface area contributed by atoms with E-state index in [9.17, 15) is 14.4 Å². The van der Waals surface area contributed by atoms with Crippen LogP contribution < -0.4 is 9.64 Å². The summed E-state index contributed by atoms with van der Waals surface area (Å²) in [7, 11) is 0. The quantitative estimate of drug-likeness (QED) is 0.146. The van der Waals surface area contributed by atoms with Crippen LogP contribution in [0, 0.1) is 13.8 Å². The standard InChI is InChI=1S/C30H41NO5/c1-4-35-30(34)16-11-19-36-29-15-9-13-26(28(29)14-10-18-32)12-7-5-6-8-17-31(23-33)27-21-24(2)20-25(3)22-27/h9,13,15,18,20-23H,4-8,10-12,14,16-17,19H2,1-3H3. The van der Waals surface area contributed by atoms with Gasteiger partial charge in [0.2, 0.25) is 6.41 Å². The van der Waals surface area contributed by atoms with Gasteiger partial charge in [-0.1, -0.05) is 31.0 Å². The zero-order valence-corrected chi connectivity index (χ0v) is 22.1. The van der Waals surface area contributed by atoms with Crippen molar-refractivity contribution < 1.29 is 23.9 Å². The van der Waals surface area contributed by atoms with E-state index in [0.717, 1.165) is 72.9 Å². The van der Waals surface area contributed by atoms with E-state index in [-0.39, 0.29) is 5.97 Å². The molecule has 0 N–H and O–H groups in total. The zero-order chi connectivity index (χ0) is 26.2. The Morgan fingerprint density at radius 1 is 0.944 bits per heavy atom. The number of amides is 1. The molecule has 0 aliphatic rings. The monoisotopic (exact) mass is 495 g/mol. The van der Waals surface area contributed by atoms with Gasteiger partial charge in [-0.05, 0) is 93.3 Å². The molecular weight excluding hydrogens is 454 g/mol. The third-order valence-electron chi connectivity index (χ3n) is 6.09. The summed E-state index contributed by atoms with van der Waals surface area (Å²) < 4.78 is 10.9. The highest BCUT2D eigenvalue weighted by molar-refractivity contribution is 5.75. The molecule has 6 heteroatoms. The van der Waals surface area contributed by atoms with Crippen molar-refractivity contribution in [3.63, 3.8) is 0 Å². The van der Waals surface area contributed by atoms with Gasteiger partial charge in [-0.25, -0.2) is 0 Å². The molecule has 0 spiro atoms. The lowest BCUT2D eigenvalue weighted by Crippen LogP contribution is -2.22. The van der Waals surface area contributed by atoms with Gasteiger partial charge in [0.1, 0.15) is 12.0 Å². The summed E-state index contributed by atoms with van der Waals surface area (Å²) >= 11 is 0. The minimum Gasteiger partial charge on any atom is -0.493 e. The summed E-state index contributed by atoms with van der Waals surface area (Å²) in [5.74, 6) is 0.592. The van der Waals surface area contributed by atoms with Gasteiger partial charge in [-0.3, -0.25) is 9.59 Å². The molecule has 0 heterocycles. The van der Waals surface area contributed by atoms with E-state index >= 15 is 0 Å². The number of hydrogen-bond donors (Lipinski definition) is 0. The fourth-order valence-electron chi connectivity index (χ4n) is 4.41. The molecule has 6 nitrogen and oxygen atoms in total. The van der Waals surface area contributed by atoms with Crippen LogP contribution in [0.1, 0.15) is 74.1 Å². The molecular formula is C30H41NO5. The van der Waals surface area contributed by atoms with E-state index in [1.165, 1.54) is 5.56 Å². The third kappa shape index (κ3) is 10.2. The lowest BCUT2D eigenvalue weighted by molar-refractivity contribution is -0.143. The molecule has 0 radical (unpaired) electrons. The van der Waals surface area contributed by atoms with Crippen LogP contribution >= 0.6 is 0 Å². The number of benzene rings is 2. The van der Waals surface area contributed by atoms with Crippen LogP contribution in [-0.4, -0.2) is 38.4 Å². The Bertz CT molecular complexity index is 952. The second-order valence-electron chi connectivity index (χ2n) is 9.17. The van der Waals surface area contributed by atoms with Crippen LogP contribution in [0.2, 0.25) is 0 Å². The van der Waals surface area contributed by atoms with E-state index in [2.05, 4.69) is 12.1 Å². The van der Waals surface area contributed by atoms with Gasteiger partial charge in [-0.15, -0.1) is 0 Å². The molecule has 2 aromatic carbocycles. The normalized spacial score (nSPS) is 10.6. The van der Waals surface area contributed by atoms with E-state index in [1.54, 1.807) is 11.8 Å². The van der Waals surface area contributed by atoms with Gasteiger partial charge in [0.25, 0.3) is 0 Å². The van der Waals surface area contributed by atoms with Gasteiger partial charge in [0, 0.05) is 25.1 Å². The number of hydrogen-bond acceptors (Lipinski definition) is 5. The summed E-state index contributed by atoms with van der Waals surface area (Å²) in [6, 6.07) is 12.3. The maximum absolute atomic E-state index is 11.6. The van der Waals surface area contributed by atoms with Crippen molar-refractivity contribution in [2.45, 2.75) is 78.6 Å². The summed E-state index contributed by atoms with van der Waals surface area (Å²) in [6.45, 7) is 7.43. The molecule has 196 valence electrons. The van der Waals surface area contributed by atoms with Crippen molar-refractivity contribution in [3.8, 4) is 5.75 Å². The second kappa shape index (κ2) is 16.5.